The van der Waals surface area contributed by atoms with Gasteiger partial charge in [0.15, 0.2) is 0 Å². The van der Waals surface area contributed by atoms with E-state index in [9.17, 15) is 18.8 Å². The summed E-state index contributed by atoms with van der Waals surface area (Å²) in [6.45, 7) is 4.99. The molecule has 1 heterocycles. The van der Waals surface area contributed by atoms with Crippen LogP contribution in [0.5, 0.6) is 0 Å². The summed E-state index contributed by atoms with van der Waals surface area (Å²) in [5.41, 5.74) is 1.75. The third-order valence-corrected chi connectivity index (χ3v) is 5.97. The molecule has 1 fully saturated rings. The lowest BCUT2D eigenvalue weighted by molar-refractivity contribution is -0.145. The molecule has 0 aromatic heterocycles. The number of allylic oxidation sites excluding steroid dienone is 3. The fourth-order valence-electron chi connectivity index (χ4n) is 4.07. The van der Waals surface area contributed by atoms with Crippen molar-refractivity contribution in [1.82, 2.24) is 10.2 Å². The van der Waals surface area contributed by atoms with E-state index in [2.05, 4.69) is 5.32 Å². The van der Waals surface area contributed by atoms with E-state index in [0.29, 0.717) is 38.8 Å². The van der Waals surface area contributed by atoms with Crippen molar-refractivity contribution in [2.24, 2.45) is 5.92 Å². The normalized spacial score (nSPS) is 16.0. The Morgan fingerprint density at radius 3 is 2.58 bits per heavy atom. The monoisotopic (exact) mass is 458 g/mol. The number of rotatable bonds is 10. The van der Waals surface area contributed by atoms with Gasteiger partial charge in [0.2, 0.25) is 11.8 Å². The second-order valence-electron chi connectivity index (χ2n) is 8.37. The van der Waals surface area contributed by atoms with Crippen molar-refractivity contribution < 1.29 is 23.5 Å². The lowest BCUT2D eigenvalue weighted by Crippen LogP contribution is -2.44. The number of amides is 2. The van der Waals surface area contributed by atoms with E-state index in [1.807, 2.05) is 43.0 Å². The van der Waals surface area contributed by atoms with Gasteiger partial charge in [-0.25, -0.2) is 9.18 Å². The largest absolute Gasteiger partial charge is 0.467 e. The second kappa shape index (κ2) is 13.6. The van der Waals surface area contributed by atoms with E-state index >= 15 is 0 Å². The third kappa shape index (κ3) is 8.83. The number of benzene rings is 1. The molecule has 0 radical (unpaired) electrons. The topological polar surface area (TPSA) is 75.7 Å². The molecule has 0 bridgehead atoms. The van der Waals surface area contributed by atoms with Crippen molar-refractivity contribution in [3.63, 3.8) is 0 Å². The number of halogens is 1. The molecule has 1 aliphatic heterocycles. The van der Waals surface area contributed by atoms with E-state index in [-0.39, 0.29) is 23.5 Å². The lowest BCUT2D eigenvalue weighted by Gasteiger charge is -2.32. The minimum absolute atomic E-state index is 0.0516. The molecule has 2 amide bonds. The summed E-state index contributed by atoms with van der Waals surface area (Å²) >= 11 is 0. The average Bonchev–Trinajstić information content (AvgIpc) is 2.81. The highest BCUT2D eigenvalue weighted by atomic mass is 19.1. The molecule has 0 aliphatic carbocycles. The summed E-state index contributed by atoms with van der Waals surface area (Å²) in [5.74, 6) is -0.733. The Labute approximate surface area is 195 Å². The first kappa shape index (κ1) is 26.3. The van der Waals surface area contributed by atoms with Gasteiger partial charge in [-0.1, -0.05) is 30.4 Å². The molecule has 7 heteroatoms. The number of hydrogen-bond acceptors (Lipinski definition) is 4. The van der Waals surface area contributed by atoms with Crippen molar-refractivity contribution in [1.29, 1.82) is 0 Å². The summed E-state index contributed by atoms with van der Waals surface area (Å²) in [6, 6.07) is 5.59. The zero-order valence-electron chi connectivity index (χ0n) is 19.8. The predicted octanol–water partition coefficient (Wildman–Crippen LogP) is 3.96. The maximum absolute atomic E-state index is 13.3. The van der Waals surface area contributed by atoms with E-state index in [1.54, 1.807) is 6.07 Å². The molecular weight excluding hydrogens is 423 g/mol. The molecule has 1 N–H and O–H groups in total. The highest BCUT2D eigenvalue weighted by Gasteiger charge is 2.27. The number of carbonyl (C=O) groups excluding carboxylic acids is 3. The highest BCUT2D eigenvalue weighted by Crippen LogP contribution is 2.22. The molecule has 1 atom stereocenters. The zero-order chi connectivity index (χ0) is 24.2. The van der Waals surface area contributed by atoms with Crippen LogP contribution in [-0.2, 0) is 25.5 Å². The Morgan fingerprint density at radius 2 is 1.97 bits per heavy atom. The van der Waals surface area contributed by atoms with Crippen molar-refractivity contribution in [2.45, 2.75) is 58.4 Å². The number of nitrogens with zero attached hydrogens (tertiary/aromatic N) is 1. The van der Waals surface area contributed by atoms with Gasteiger partial charge >= 0.3 is 5.97 Å². The first-order chi connectivity index (χ1) is 15.9. The zero-order valence-corrected chi connectivity index (χ0v) is 19.8. The molecule has 1 aliphatic rings. The van der Waals surface area contributed by atoms with Crippen molar-refractivity contribution >= 4 is 17.8 Å². The molecular formula is C26H35FN2O4. The molecule has 180 valence electrons. The van der Waals surface area contributed by atoms with Crippen molar-refractivity contribution in [2.75, 3.05) is 20.2 Å². The Kier molecular flexibility index (Phi) is 10.8. The van der Waals surface area contributed by atoms with Crippen molar-refractivity contribution in [3.05, 3.63) is 59.4 Å². The lowest BCUT2D eigenvalue weighted by atomic mass is 9.92. The minimum Gasteiger partial charge on any atom is -0.467 e. The number of ether oxygens (including phenoxy) is 1. The summed E-state index contributed by atoms with van der Waals surface area (Å²) in [7, 11) is 1.31. The van der Waals surface area contributed by atoms with Gasteiger partial charge in [-0.05, 0) is 62.3 Å². The van der Waals surface area contributed by atoms with E-state index in [0.717, 1.165) is 24.0 Å². The molecule has 2 rings (SSSR count). The number of hydrogen-bond donors (Lipinski definition) is 1. The van der Waals surface area contributed by atoms with Crippen LogP contribution in [0.2, 0.25) is 0 Å². The maximum atomic E-state index is 13.3. The summed E-state index contributed by atoms with van der Waals surface area (Å²) in [6.07, 6.45) is 8.71. The smallest absolute Gasteiger partial charge is 0.328 e. The number of piperidine rings is 1. The Bertz CT molecular complexity index is 873. The van der Waals surface area contributed by atoms with E-state index < -0.39 is 12.0 Å². The number of methoxy groups -OCH3 is 1. The van der Waals surface area contributed by atoms with Gasteiger partial charge in [-0.15, -0.1) is 0 Å². The number of carbonyl (C=O) groups is 3. The Morgan fingerprint density at radius 1 is 1.24 bits per heavy atom. The first-order valence-electron chi connectivity index (χ1n) is 11.5. The van der Waals surface area contributed by atoms with Crippen LogP contribution in [0.3, 0.4) is 0 Å². The number of aryl methyl sites for hydroxylation is 1. The molecule has 1 unspecified atom stereocenters. The van der Waals surface area contributed by atoms with E-state index in [4.69, 9.17) is 4.74 Å². The highest BCUT2D eigenvalue weighted by molar-refractivity contribution is 5.85. The standard InChI is InChI=1S/C26H35FN2O4/c1-4-7-19(5-2)17-23(26(32)33-3)28-24(30)18-21-12-14-29(15-13-21)25(31)11-10-20-8-6-9-22(27)16-20/h4-9,16,21,23H,10-15,17-18H2,1-3H3,(H,28,30)/b7-4-,19-5+. The average molecular weight is 459 g/mol. The van der Waals surface area contributed by atoms with Gasteiger partial charge < -0.3 is 15.0 Å². The molecule has 6 nitrogen and oxygen atoms in total. The van der Waals surface area contributed by atoms with Crippen LogP contribution < -0.4 is 5.32 Å². The molecule has 0 spiro atoms. The number of nitrogens with one attached hydrogen (secondary N) is 1. The van der Waals surface area contributed by atoms with E-state index in [1.165, 1.54) is 19.2 Å². The van der Waals surface area contributed by atoms with Gasteiger partial charge in [-0.2, -0.15) is 0 Å². The van der Waals surface area contributed by atoms with Gasteiger partial charge in [-0.3, -0.25) is 9.59 Å². The van der Waals surface area contributed by atoms with Gasteiger partial charge in [0.25, 0.3) is 0 Å². The predicted molar refractivity (Wildman–Crippen MR) is 126 cm³/mol. The molecule has 1 aromatic rings. The summed E-state index contributed by atoms with van der Waals surface area (Å²) < 4.78 is 18.2. The summed E-state index contributed by atoms with van der Waals surface area (Å²) in [5, 5.41) is 2.82. The summed E-state index contributed by atoms with van der Waals surface area (Å²) in [4.78, 5) is 39.1. The second-order valence-corrected chi connectivity index (χ2v) is 8.37. The quantitative estimate of drug-likeness (QED) is 0.425. The Balaban J connectivity index is 1.79. The number of likely N-dealkylation sites (tertiary alicyclic amines) is 1. The van der Waals surface area contributed by atoms with Crippen LogP contribution in [0.15, 0.2) is 48.1 Å². The van der Waals surface area contributed by atoms with Crippen LogP contribution in [0.25, 0.3) is 0 Å². The van der Waals surface area contributed by atoms with Gasteiger partial charge in [0, 0.05) is 32.4 Å². The van der Waals surface area contributed by atoms with Crippen LogP contribution in [0.4, 0.5) is 4.39 Å². The minimum atomic E-state index is -0.727. The molecule has 33 heavy (non-hydrogen) atoms. The Hall–Kier alpha value is -2.96. The molecule has 1 aromatic carbocycles. The fraction of sp³-hybridized carbons (Fsp3) is 0.500. The first-order valence-corrected chi connectivity index (χ1v) is 11.5. The SMILES string of the molecule is C/C=C\C(=C/C)CC(NC(=O)CC1CCN(C(=O)CCc2cccc(F)c2)CC1)C(=O)OC. The van der Waals surface area contributed by atoms with Crippen LogP contribution in [0, 0.1) is 11.7 Å². The van der Waals surface area contributed by atoms with Gasteiger partial charge in [0.05, 0.1) is 7.11 Å². The fourth-order valence-corrected chi connectivity index (χ4v) is 4.07. The number of esters is 1. The van der Waals surface area contributed by atoms with Crippen LogP contribution >= 0.6 is 0 Å². The van der Waals surface area contributed by atoms with Crippen molar-refractivity contribution in [3.8, 4) is 0 Å². The maximum Gasteiger partial charge on any atom is 0.328 e. The van der Waals surface area contributed by atoms with Crippen LogP contribution in [0.1, 0.15) is 51.5 Å². The third-order valence-electron chi connectivity index (χ3n) is 5.97. The van der Waals surface area contributed by atoms with Gasteiger partial charge in [0.1, 0.15) is 11.9 Å². The van der Waals surface area contributed by atoms with Crippen LogP contribution in [-0.4, -0.2) is 48.9 Å². The molecule has 0 saturated carbocycles. The molecule has 1 saturated heterocycles.